The van der Waals surface area contributed by atoms with Crippen molar-refractivity contribution < 1.29 is 4.79 Å². The van der Waals surface area contributed by atoms with Gasteiger partial charge in [-0.3, -0.25) is 4.79 Å². The quantitative estimate of drug-likeness (QED) is 0.711. The third kappa shape index (κ3) is 1.81. The average Bonchev–Trinajstić information content (AvgIpc) is 2.70. The van der Waals surface area contributed by atoms with Gasteiger partial charge in [0, 0.05) is 16.9 Å². The Hall–Kier alpha value is -1.54. The molecule has 0 unspecified atom stereocenters. The summed E-state index contributed by atoms with van der Waals surface area (Å²) in [5.74, 6) is 0. The smallest absolute Gasteiger partial charge is 0.166 e. The molecule has 0 saturated heterocycles. The number of hydrogen-bond acceptors (Lipinski definition) is 1. The van der Waals surface area contributed by atoms with E-state index in [2.05, 4.69) is 0 Å². The first-order valence-corrected chi connectivity index (χ1v) is 4.99. The van der Waals surface area contributed by atoms with Gasteiger partial charge in [0.2, 0.25) is 0 Å². The minimum Gasteiger partial charge on any atom is -0.314 e. The Morgan fingerprint density at radius 1 is 1.33 bits per heavy atom. The van der Waals surface area contributed by atoms with Crippen molar-refractivity contribution in [3.05, 3.63) is 52.8 Å². The molecule has 2 nitrogen and oxygen atoms in total. The second kappa shape index (κ2) is 3.91. The first-order valence-electron chi connectivity index (χ1n) is 4.61. The first kappa shape index (κ1) is 9.99. The monoisotopic (exact) mass is 219 g/mol. The highest BCUT2D eigenvalue weighted by molar-refractivity contribution is 6.31. The van der Waals surface area contributed by atoms with Gasteiger partial charge >= 0.3 is 0 Å². The molecule has 0 aliphatic heterocycles. The fourth-order valence-corrected chi connectivity index (χ4v) is 1.63. The fourth-order valence-electron chi connectivity index (χ4n) is 1.46. The van der Waals surface area contributed by atoms with E-state index in [1.54, 1.807) is 10.6 Å². The van der Waals surface area contributed by atoms with Crippen LogP contribution in [0.1, 0.15) is 16.1 Å². The van der Waals surface area contributed by atoms with E-state index >= 15 is 0 Å². The SMILES string of the molecule is Cc1ccc(-n2cccc2C=O)cc1Cl. The molecule has 0 radical (unpaired) electrons. The molecule has 0 aliphatic rings. The summed E-state index contributed by atoms with van der Waals surface area (Å²) < 4.78 is 1.80. The Labute approximate surface area is 93.1 Å². The molecule has 0 fully saturated rings. The highest BCUT2D eigenvalue weighted by Crippen LogP contribution is 2.20. The lowest BCUT2D eigenvalue weighted by Crippen LogP contribution is -1.97. The molecule has 0 spiro atoms. The number of hydrogen-bond donors (Lipinski definition) is 0. The number of rotatable bonds is 2. The zero-order chi connectivity index (χ0) is 10.8. The fraction of sp³-hybridized carbons (Fsp3) is 0.0833. The topological polar surface area (TPSA) is 22.0 Å². The maximum atomic E-state index is 10.8. The molecular weight excluding hydrogens is 210 g/mol. The van der Waals surface area contributed by atoms with E-state index in [0.29, 0.717) is 10.7 Å². The lowest BCUT2D eigenvalue weighted by Gasteiger charge is -2.06. The Morgan fingerprint density at radius 3 is 2.80 bits per heavy atom. The molecule has 2 rings (SSSR count). The maximum absolute atomic E-state index is 10.8. The summed E-state index contributed by atoms with van der Waals surface area (Å²) in [6.07, 6.45) is 2.67. The molecule has 1 aromatic heterocycles. The molecule has 0 aliphatic carbocycles. The van der Waals surface area contributed by atoms with Crippen LogP contribution in [-0.4, -0.2) is 10.9 Å². The van der Waals surface area contributed by atoms with E-state index in [-0.39, 0.29) is 0 Å². The molecule has 0 atom stereocenters. The van der Waals surface area contributed by atoms with Crippen molar-refractivity contribution in [3.8, 4) is 5.69 Å². The van der Waals surface area contributed by atoms with Gasteiger partial charge < -0.3 is 4.57 Å². The van der Waals surface area contributed by atoms with E-state index in [1.807, 2.05) is 37.4 Å². The molecule has 1 heterocycles. The van der Waals surface area contributed by atoms with Gasteiger partial charge in [0.1, 0.15) is 0 Å². The molecule has 76 valence electrons. The molecule has 15 heavy (non-hydrogen) atoms. The molecule has 0 N–H and O–H groups in total. The Bertz CT molecular complexity index is 502. The summed E-state index contributed by atoms with van der Waals surface area (Å²) in [6.45, 7) is 1.95. The van der Waals surface area contributed by atoms with Crippen LogP contribution in [0.2, 0.25) is 5.02 Å². The van der Waals surface area contributed by atoms with Gasteiger partial charge in [-0.1, -0.05) is 17.7 Å². The molecule has 0 bridgehead atoms. The standard InChI is InChI=1S/C12H10ClNO/c1-9-4-5-10(7-12(9)13)14-6-2-3-11(14)8-15/h2-8H,1H3. The van der Waals surface area contributed by atoms with Gasteiger partial charge in [-0.25, -0.2) is 0 Å². The number of carbonyl (C=O) groups is 1. The minimum atomic E-state index is 0.620. The van der Waals surface area contributed by atoms with E-state index in [0.717, 1.165) is 17.5 Å². The van der Waals surface area contributed by atoms with Crippen molar-refractivity contribution in [1.29, 1.82) is 0 Å². The summed E-state index contributed by atoms with van der Waals surface area (Å²) in [6, 6.07) is 9.32. The number of nitrogens with zero attached hydrogens (tertiary/aromatic N) is 1. The van der Waals surface area contributed by atoms with Crippen LogP contribution in [0, 0.1) is 6.92 Å². The number of carbonyl (C=O) groups excluding carboxylic acids is 1. The zero-order valence-electron chi connectivity index (χ0n) is 8.27. The maximum Gasteiger partial charge on any atom is 0.166 e. The predicted octanol–water partition coefficient (Wildman–Crippen LogP) is 3.25. The number of aldehydes is 1. The molecule has 0 amide bonds. The number of aromatic nitrogens is 1. The van der Waals surface area contributed by atoms with Crippen LogP contribution in [0.15, 0.2) is 36.5 Å². The Morgan fingerprint density at radius 2 is 2.13 bits per heavy atom. The normalized spacial score (nSPS) is 10.3. The van der Waals surface area contributed by atoms with Crippen LogP contribution in [0.3, 0.4) is 0 Å². The van der Waals surface area contributed by atoms with E-state index < -0.39 is 0 Å². The zero-order valence-corrected chi connectivity index (χ0v) is 9.03. The van der Waals surface area contributed by atoms with Gasteiger partial charge in [0.05, 0.1) is 5.69 Å². The van der Waals surface area contributed by atoms with Crippen molar-refractivity contribution in [1.82, 2.24) is 4.57 Å². The lowest BCUT2D eigenvalue weighted by atomic mass is 10.2. The van der Waals surface area contributed by atoms with Crippen LogP contribution < -0.4 is 0 Å². The largest absolute Gasteiger partial charge is 0.314 e. The van der Waals surface area contributed by atoms with Crippen LogP contribution >= 0.6 is 11.6 Å². The number of benzene rings is 1. The van der Waals surface area contributed by atoms with Crippen molar-refractivity contribution >= 4 is 17.9 Å². The summed E-state index contributed by atoms with van der Waals surface area (Å²) in [4.78, 5) is 10.8. The second-order valence-electron chi connectivity index (χ2n) is 3.35. The Balaban J connectivity index is 2.54. The van der Waals surface area contributed by atoms with Gasteiger partial charge in [-0.15, -0.1) is 0 Å². The third-order valence-corrected chi connectivity index (χ3v) is 2.74. The van der Waals surface area contributed by atoms with Crippen LogP contribution in [-0.2, 0) is 0 Å². The molecular formula is C12H10ClNO. The van der Waals surface area contributed by atoms with Crippen molar-refractivity contribution in [3.63, 3.8) is 0 Å². The Kier molecular flexibility index (Phi) is 2.60. The van der Waals surface area contributed by atoms with Crippen LogP contribution in [0.25, 0.3) is 5.69 Å². The minimum absolute atomic E-state index is 0.620. The molecule has 0 saturated carbocycles. The van der Waals surface area contributed by atoms with Crippen molar-refractivity contribution in [2.24, 2.45) is 0 Å². The first-order chi connectivity index (χ1) is 7.22. The predicted molar refractivity (Wildman–Crippen MR) is 60.9 cm³/mol. The summed E-state index contributed by atoms with van der Waals surface area (Å²) in [5, 5.41) is 0.707. The van der Waals surface area contributed by atoms with Crippen molar-refractivity contribution in [2.45, 2.75) is 6.92 Å². The highest BCUT2D eigenvalue weighted by Gasteiger charge is 2.03. The second-order valence-corrected chi connectivity index (χ2v) is 3.76. The van der Waals surface area contributed by atoms with Gasteiger partial charge in [-0.2, -0.15) is 0 Å². The summed E-state index contributed by atoms with van der Waals surface area (Å²) in [7, 11) is 0. The van der Waals surface area contributed by atoms with Gasteiger partial charge in [0.25, 0.3) is 0 Å². The summed E-state index contributed by atoms with van der Waals surface area (Å²) >= 11 is 6.02. The molecule has 3 heteroatoms. The number of halogens is 1. The lowest BCUT2D eigenvalue weighted by molar-refractivity contribution is 0.111. The van der Waals surface area contributed by atoms with Gasteiger partial charge in [0.15, 0.2) is 6.29 Å². The van der Waals surface area contributed by atoms with E-state index in [4.69, 9.17) is 11.6 Å². The number of aryl methyl sites for hydroxylation is 1. The van der Waals surface area contributed by atoms with Crippen molar-refractivity contribution in [2.75, 3.05) is 0 Å². The van der Waals surface area contributed by atoms with E-state index in [9.17, 15) is 4.79 Å². The third-order valence-electron chi connectivity index (χ3n) is 2.33. The average molecular weight is 220 g/mol. The van der Waals surface area contributed by atoms with Gasteiger partial charge in [-0.05, 0) is 36.8 Å². The molecule has 2 aromatic rings. The van der Waals surface area contributed by atoms with E-state index in [1.165, 1.54) is 0 Å². The summed E-state index contributed by atoms with van der Waals surface area (Å²) in [5.41, 5.74) is 2.55. The molecule has 1 aromatic carbocycles. The van der Waals surface area contributed by atoms with Crippen LogP contribution in [0.4, 0.5) is 0 Å². The highest BCUT2D eigenvalue weighted by atomic mass is 35.5. The van der Waals surface area contributed by atoms with Crippen LogP contribution in [0.5, 0.6) is 0 Å².